The molecule has 0 bridgehead atoms. The molecule has 0 aliphatic carbocycles. The molecule has 2 N–H and O–H groups in total. The summed E-state index contributed by atoms with van der Waals surface area (Å²) in [5, 5.41) is 1.68. The number of primary amides is 1. The summed E-state index contributed by atoms with van der Waals surface area (Å²) in [6.07, 6.45) is 0. The highest BCUT2D eigenvalue weighted by atomic mass is 32.2. The Kier molecular flexibility index (Phi) is 3.94. The third kappa shape index (κ3) is 2.75. The SMILES string of the molecule is CCS(=O)(=O)N(CC(N)=O)c1cccc2ccccc12. The Labute approximate surface area is 118 Å². The normalized spacial score (nSPS) is 11.4. The molecule has 0 fully saturated rings. The average Bonchev–Trinajstić information content (AvgIpc) is 2.44. The summed E-state index contributed by atoms with van der Waals surface area (Å²) in [7, 11) is -3.57. The summed E-state index contributed by atoms with van der Waals surface area (Å²) in [5.41, 5.74) is 5.66. The molecule has 20 heavy (non-hydrogen) atoms. The number of amides is 1. The van der Waals surface area contributed by atoms with Crippen LogP contribution in [-0.4, -0.2) is 26.6 Å². The summed E-state index contributed by atoms with van der Waals surface area (Å²) in [5.74, 6) is -0.779. The summed E-state index contributed by atoms with van der Waals surface area (Å²) in [6, 6.07) is 12.7. The molecule has 0 atom stereocenters. The van der Waals surface area contributed by atoms with Crippen LogP contribution in [0.3, 0.4) is 0 Å². The van der Waals surface area contributed by atoms with Gasteiger partial charge in [0.15, 0.2) is 0 Å². The minimum Gasteiger partial charge on any atom is -0.368 e. The van der Waals surface area contributed by atoms with E-state index in [0.29, 0.717) is 5.69 Å². The molecule has 6 heteroatoms. The summed E-state index contributed by atoms with van der Waals surface area (Å²) < 4.78 is 25.5. The standard InChI is InChI=1S/C14H16N2O3S/c1-2-20(18,19)16(10-14(15)17)13-9-5-7-11-6-3-4-8-12(11)13/h3-9H,2,10H2,1H3,(H2,15,17). The molecule has 0 radical (unpaired) electrons. The number of carbonyl (C=O) groups excluding carboxylic acids is 1. The van der Waals surface area contributed by atoms with Crippen LogP contribution in [0.2, 0.25) is 0 Å². The van der Waals surface area contributed by atoms with E-state index >= 15 is 0 Å². The maximum Gasteiger partial charge on any atom is 0.238 e. The van der Waals surface area contributed by atoms with Crippen LogP contribution in [-0.2, 0) is 14.8 Å². The van der Waals surface area contributed by atoms with E-state index in [-0.39, 0.29) is 12.3 Å². The summed E-state index contributed by atoms with van der Waals surface area (Å²) in [6.45, 7) is 1.18. The van der Waals surface area contributed by atoms with Crippen molar-refractivity contribution < 1.29 is 13.2 Å². The Morgan fingerprint density at radius 1 is 1.15 bits per heavy atom. The fourth-order valence-corrected chi connectivity index (χ4v) is 3.15. The highest BCUT2D eigenvalue weighted by molar-refractivity contribution is 7.92. The first-order chi connectivity index (χ1) is 9.45. The molecular weight excluding hydrogens is 276 g/mol. The van der Waals surface area contributed by atoms with E-state index in [9.17, 15) is 13.2 Å². The van der Waals surface area contributed by atoms with Crippen LogP contribution in [0.4, 0.5) is 5.69 Å². The second-order valence-electron chi connectivity index (χ2n) is 4.37. The molecule has 5 nitrogen and oxygen atoms in total. The molecule has 0 aromatic heterocycles. The fourth-order valence-electron chi connectivity index (χ4n) is 2.06. The Hall–Kier alpha value is -2.08. The highest BCUT2D eigenvalue weighted by Crippen LogP contribution is 2.28. The number of hydrogen-bond donors (Lipinski definition) is 1. The number of benzene rings is 2. The van der Waals surface area contributed by atoms with Crippen LogP contribution in [0, 0.1) is 0 Å². The molecule has 0 aliphatic rings. The van der Waals surface area contributed by atoms with Gasteiger partial charge >= 0.3 is 0 Å². The molecule has 2 aromatic rings. The number of nitrogens with zero attached hydrogens (tertiary/aromatic N) is 1. The number of hydrogen-bond acceptors (Lipinski definition) is 3. The molecule has 0 unspecified atom stereocenters. The zero-order valence-corrected chi connectivity index (χ0v) is 11.9. The lowest BCUT2D eigenvalue weighted by Gasteiger charge is -2.23. The predicted octanol–water partition coefficient (Wildman–Crippen LogP) is 1.48. The van der Waals surface area contributed by atoms with E-state index in [1.54, 1.807) is 12.1 Å². The van der Waals surface area contributed by atoms with Crippen molar-refractivity contribution in [2.75, 3.05) is 16.6 Å². The third-order valence-electron chi connectivity index (χ3n) is 3.04. The van der Waals surface area contributed by atoms with Crippen molar-refractivity contribution in [2.24, 2.45) is 5.73 Å². The van der Waals surface area contributed by atoms with Crippen LogP contribution in [0.25, 0.3) is 10.8 Å². The van der Waals surface area contributed by atoms with Crippen LogP contribution in [0.15, 0.2) is 42.5 Å². The quantitative estimate of drug-likeness (QED) is 0.906. The van der Waals surface area contributed by atoms with E-state index in [4.69, 9.17) is 5.73 Å². The smallest absolute Gasteiger partial charge is 0.238 e. The van der Waals surface area contributed by atoms with E-state index in [1.807, 2.05) is 30.3 Å². The van der Waals surface area contributed by atoms with Gasteiger partial charge in [0.25, 0.3) is 0 Å². The first-order valence-corrected chi connectivity index (χ1v) is 7.83. The number of sulfonamides is 1. The average molecular weight is 292 g/mol. The van der Waals surface area contributed by atoms with Crippen molar-refractivity contribution >= 4 is 32.4 Å². The lowest BCUT2D eigenvalue weighted by Crippen LogP contribution is -2.39. The molecule has 0 spiro atoms. The first kappa shape index (κ1) is 14.3. The fraction of sp³-hybridized carbons (Fsp3) is 0.214. The Morgan fingerprint density at radius 3 is 2.45 bits per heavy atom. The van der Waals surface area contributed by atoms with Crippen LogP contribution >= 0.6 is 0 Å². The molecule has 1 amide bonds. The Morgan fingerprint density at radius 2 is 1.80 bits per heavy atom. The van der Waals surface area contributed by atoms with Gasteiger partial charge in [-0.1, -0.05) is 36.4 Å². The zero-order chi connectivity index (χ0) is 14.8. The van der Waals surface area contributed by atoms with Crippen molar-refractivity contribution in [2.45, 2.75) is 6.92 Å². The number of nitrogens with two attached hydrogens (primary N) is 1. The van der Waals surface area contributed by atoms with Crippen molar-refractivity contribution in [3.63, 3.8) is 0 Å². The largest absolute Gasteiger partial charge is 0.368 e. The molecule has 0 saturated heterocycles. The van der Waals surface area contributed by atoms with Gasteiger partial charge in [0, 0.05) is 5.39 Å². The molecule has 0 heterocycles. The van der Waals surface area contributed by atoms with Gasteiger partial charge in [0.05, 0.1) is 11.4 Å². The van der Waals surface area contributed by atoms with Gasteiger partial charge in [0.2, 0.25) is 15.9 Å². The molecule has 2 aromatic carbocycles. The predicted molar refractivity (Wildman–Crippen MR) is 79.9 cm³/mol. The van der Waals surface area contributed by atoms with E-state index < -0.39 is 15.9 Å². The third-order valence-corrected chi connectivity index (χ3v) is 4.76. The number of fused-ring (bicyclic) bond motifs is 1. The topological polar surface area (TPSA) is 80.5 Å². The maximum atomic E-state index is 12.2. The highest BCUT2D eigenvalue weighted by Gasteiger charge is 2.23. The summed E-state index contributed by atoms with van der Waals surface area (Å²) >= 11 is 0. The molecule has 0 aliphatic heterocycles. The molecule has 106 valence electrons. The van der Waals surface area contributed by atoms with Crippen LogP contribution in [0.5, 0.6) is 0 Å². The van der Waals surface area contributed by atoms with Crippen molar-refractivity contribution in [3.05, 3.63) is 42.5 Å². The second kappa shape index (κ2) is 5.50. The van der Waals surface area contributed by atoms with Crippen molar-refractivity contribution in [1.82, 2.24) is 0 Å². The summed E-state index contributed by atoms with van der Waals surface area (Å²) in [4.78, 5) is 11.2. The van der Waals surface area contributed by atoms with Crippen LogP contribution < -0.4 is 10.0 Å². The van der Waals surface area contributed by atoms with Crippen LogP contribution in [0.1, 0.15) is 6.92 Å². The van der Waals surface area contributed by atoms with Gasteiger partial charge in [-0.25, -0.2) is 8.42 Å². The van der Waals surface area contributed by atoms with Crippen molar-refractivity contribution in [3.8, 4) is 0 Å². The Bertz CT molecular complexity index is 736. The maximum absolute atomic E-state index is 12.2. The molecular formula is C14H16N2O3S. The van der Waals surface area contributed by atoms with Gasteiger partial charge in [-0.3, -0.25) is 9.10 Å². The second-order valence-corrected chi connectivity index (χ2v) is 6.55. The molecule has 2 rings (SSSR count). The van der Waals surface area contributed by atoms with Gasteiger partial charge in [0.1, 0.15) is 6.54 Å². The van der Waals surface area contributed by atoms with Crippen molar-refractivity contribution in [1.29, 1.82) is 0 Å². The lowest BCUT2D eigenvalue weighted by molar-refractivity contribution is -0.116. The lowest BCUT2D eigenvalue weighted by atomic mass is 10.1. The van der Waals surface area contributed by atoms with Gasteiger partial charge < -0.3 is 5.73 Å². The number of rotatable bonds is 5. The monoisotopic (exact) mass is 292 g/mol. The van der Waals surface area contributed by atoms with E-state index in [2.05, 4.69) is 0 Å². The minimum atomic E-state index is -3.57. The van der Waals surface area contributed by atoms with Gasteiger partial charge in [-0.05, 0) is 18.4 Å². The van der Waals surface area contributed by atoms with Gasteiger partial charge in [-0.2, -0.15) is 0 Å². The Balaban J connectivity index is 2.66. The number of anilines is 1. The number of carbonyl (C=O) groups is 1. The van der Waals surface area contributed by atoms with E-state index in [1.165, 1.54) is 6.92 Å². The van der Waals surface area contributed by atoms with E-state index in [0.717, 1.165) is 15.1 Å². The first-order valence-electron chi connectivity index (χ1n) is 6.22. The van der Waals surface area contributed by atoms with Gasteiger partial charge in [-0.15, -0.1) is 0 Å². The zero-order valence-electron chi connectivity index (χ0n) is 11.1. The minimum absolute atomic E-state index is 0.0937. The molecule has 0 saturated carbocycles.